The lowest BCUT2D eigenvalue weighted by Crippen LogP contribution is -2.20. The van der Waals surface area contributed by atoms with Gasteiger partial charge in [-0.15, -0.1) is 0 Å². The van der Waals surface area contributed by atoms with Crippen molar-refractivity contribution in [1.29, 1.82) is 0 Å². The number of anilines is 1. The van der Waals surface area contributed by atoms with Crippen molar-refractivity contribution in [3.8, 4) is 0 Å². The number of carbonyl (C=O) groups is 1. The second-order valence-corrected chi connectivity index (χ2v) is 6.14. The topological polar surface area (TPSA) is 42.4 Å². The quantitative estimate of drug-likeness (QED) is 0.794. The van der Waals surface area contributed by atoms with Gasteiger partial charge in [-0.05, 0) is 37.1 Å². The third kappa shape index (κ3) is 3.03. The molecule has 0 radical (unpaired) electrons. The third-order valence-corrected chi connectivity index (χ3v) is 4.71. The number of nitrogens with zero attached hydrogens (tertiary/aromatic N) is 2. The summed E-state index contributed by atoms with van der Waals surface area (Å²) in [6.07, 6.45) is 5.14. The van der Waals surface area contributed by atoms with Gasteiger partial charge in [0.05, 0.1) is 5.56 Å². The highest BCUT2D eigenvalue weighted by Gasteiger charge is 2.21. The Bertz CT molecular complexity index is 437. The molecule has 1 aromatic heterocycles. The molecule has 2 aliphatic heterocycles. The van der Waals surface area contributed by atoms with E-state index in [9.17, 15) is 4.79 Å². The molecule has 3 heterocycles. The first-order valence-corrected chi connectivity index (χ1v) is 7.98. The van der Waals surface area contributed by atoms with E-state index in [4.69, 9.17) is 4.74 Å². The van der Waals surface area contributed by atoms with Crippen LogP contribution in [0.5, 0.6) is 0 Å². The van der Waals surface area contributed by atoms with Crippen molar-refractivity contribution in [2.75, 3.05) is 29.5 Å². The summed E-state index contributed by atoms with van der Waals surface area (Å²) in [5.74, 6) is 2.73. The number of esters is 1. The largest absolute Gasteiger partial charge is 0.458 e. The summed E-state index contributed by atoms with van der Waals surface area (Å²) < 4.78 is 5.45. The number of carbonyl (C=O) groups excluding carboxylic acids is 1. The fourth-order valence-corrected chi connectivity index (χ4v) is 3.56. The Morgan fingerprint density at radius 1 is 1.37 bits per heavy atom. The van der Waals surface area contributed by atoms with Crippen molar-refractivity contribution < 1.29 is 9.53 Å². The molecular weight excluding hydrogens is 260 g/mol. The van der Waals surface area contributed by atoms with E-state index >= 15 is 0 Å². The molecule has 0 aliphatic carbocycles. The van der Waals surface area contributed by atoms with Crippen molar-refractivity contribution in [3.63, 3.8) is 0 Å². The van der Waals surface area contributed by atoms with E-state index < -0.39 is 0 Å². The monoisotopic (exact) mass is 278 g/mol. The summed E-state index contributed by atoms with van der Waals surface area (Å²) in [6.45, 7) is 2.13. The number of pyridine rings is 1. The molecule has 0 spiro atoms. The Morgan fingerprint density at radius 3 is 2.84 bits per heavy atom. The highest BCUT2D eigenvalue weighted by Crippen LogP contribution is 2.22. The molecule has 0 aromatic carbocycles. The second kappa shape index (κ2) is 5.82. The van der Waals surface area contributed by atoms with Gasteiger partial charge in [0.15, 0.2) is 0 Å². The molecule has 19 heavy (non-hydrogen) atoms. The van der Waals surface area contributed by atoms with Crippen LogP contribution >= 0.6 is 11.8 Å². The number of ether oxygens (including phenoxy) is 1. The van der Waals surface area contributed by atoms with Gasteiger partial charge in [0.1, 0.15) is 11.9 Å². The van der Waals surface area contributed by atoms with Crippen molar-refractivity contribution >= 4 is 23.5 Å². The standard InChI is InChI=1S/C14H18N2O2S/c17-14(18-12-5-8-19-10-12)11-3-4-13(15-9-11)16-6-1-2-7-16/h3-4,9,12H,1-2,5-8,10H2/t12-/m1/s1. The lowest BCUT2D eigenvalue weighted by molar-refractivity contribution is 0.0356. The Labute approximate surface area is 117 Å². The molecule has 1 aromatic rings. The summed E-state index contributed by atoms with van der Waals surface area (Å²) in [4.78, 5) is 18.6. The maximum atomic E-state index is 11.9. The first kappa shape index (κ1) is 12.8. The normalized spacial score (nSPS) is 22.7. The lowest BCUT2D eigenvalue weighted by atomic mass is 10.2. The molecule has 2 saturated heterocycles. The molecule has 1 atom stereocenters. The summed E-state index contributed by atoms with van der Waals surface area (Å²) in [5, 5.41) is 0. The van der Waals surface area contributed by atoms with E-state index in [1.807, 2.05) is 23.9 Å². The molecule has 102 valence electrons. The number of hydrogen-bond donors (Lipinski definition) is 0. The predicted molar refractivity (Wildman–Crippen MR) is 76.8 cm³/mol. The van der Waals surface area contributed by atoms with Crippen LogP contribution in [0.25, 0.3) is 0 Å². The van der Waals surface area contributed by atoms with E-state index in [1.165, 1.54) is 12.8 Å². The first-order chi connectivity index (χ1) is 9.33. The van der Waals surface area contributed by atoms with Crippen molar-refractivity contribution in [1.82, 2.24) is 4.98 Å². The zero-order chi connectivity index (χ0) is 13.1. The van der Waals surface area contributed by atoms with Gasteiger partial charge in [-0.3, -0.25) is 0 Å². The molecule has 0 saturated carbocycles. The molecule has 2 fully saturated rings. The smallest absolute Gasteiger partial charge is 0.340 e. The van der Waals surface area contributed by atoms with Gasteiger partial charge in [0, 0.05) is 25.0 Å². The zero-order valence-corrected chi connectivity index (χ0v) is 11.7. The van der Waals surface area contributed by atoms with Gasteiger partial charge >= 0.3 is 5.97 Å². The minimum atomic E-state index is -0.243. The highest BCUT2D eigenvalue weighted by atomic mass is 32.2. The lowest BCUT2D eigenvalue weighted by Gasteiger charge is -2.16. The van der Waals surface area contributed by atoms with E-state index in [2.05, 4.69) is 9.88 Å². The predicted octanol–water partition coefficient (Wildman–Crippen LogP) is 2.34. The van der Waals surface area contributed by atoms with Gasteiger partial charge in [-0.1, -0.05) is 0 Å². The molecular formula is C14H18N2O2S. The average molecular weight is 278 g/mol. The molecule has 5 heteroatoms. The molecule has 2 aliphatic rings. The van der Waals surface area contributed by atoms with Crippen LogP contribution in [0.15, 0.2) is 18.3 Å². The Kier molecular flexibility index (Phi) is 3.92. The van der Waals surface area contributed by atoms with Gasteiger partial charge in [-0.2, -0.15) is 11.8 Å². The zero-order valence-electron chi connectivity index (χ0n) is 10.9. The summed E-state index contributed by atoms with van der Waals surface area (Å²) in [5.41, 5.74) is 0.555. The van der Waals surface area contributed by atoms with Crippen LogP contribution in [0.2, 0.25) is 0 Å². The second-order valence-electron chi connectivity index (χ2n) is 4.99. The Morgan fingerprint density at radius 2 is 2.21 bits per heavy atom. The Hall–Kier alpha value is -1.23. The van der Waals surface area contributed by atoms with E-state index in [0.29, 0.717) is 5.56 Å². The number of rotatable bonds is 3. The van der Waals surface area contributed by atoms with Crippen LogP contribution in [0, 0.1) is 0 Å². The van der Waals surface area contributed by atoms with Crippen LogP contribution in [0.3, 0.4) is 0 Å². The van der Waals surface area contributed by atoms with Crippen LogP contribution in [0.4, 0.5) is 5.82 Å². The number of thioether (sulfide) groups is 1. The molecule has 0 unspecified atom stereocenters. The third-order valence-electron chi connectivity index (χ3n) is 3.58. The van der Waals surface area contributed by atoms with Crippen molar-refractivity contribution in [2.24, 2.45) is 0 Å². The van der Waals surface area contributed by atoms with E-state index in [0.717, 1.165) is 36.8 Å². The van der Waals surface area contributed by atoms with Crippen LogP contribution in [0.1, 0.15) is 29.6 Å². The molecule has 3 rings (SSSR count). The summed E-state index contributed by atoms with van der Waals surface area (Å²) in [7, 11) is 0. The minimum Gasteiger partial charge on any atom is -0.458 e. The number of hydrogen-bond acceptors (Lipinski definition) is 5. The molecule has 4 nitrogen and oxygen atoms in total. The van der Waals surface area contributed by atoms with Gasteiger partial charge in [0.25, 0.3) is 0 Å². The fraction of sp³-hybridized carbons (Fsp3) is 0.571. The van der Waals surface area contributed by atoms with Gasteiger partial charge in [0.2, 0.25) is 0 Å². The van der Waals surface area contributed by atoms with Crippen LogP contribution in [-0.4, -0.2) is 41.7 Å². The average Bonchev–Trinajstić information content (AvgIpc) is 3.12. The Balaban J connectivity index is 1.62. The highest BCUT2D eigenvalue weighted by molar-refractivity contribution is 7.99. The minimum absolute atomic E-state index is 0.0794. The van der Waals surface area contributed by atoms with Crippen molar-refractivity contribution in [3.05, 3.63) is 23.9 Å². The van der Waals surface area contributed by atoms with Gasteiger partial charge in [-0.25, -0.2) is 9.78 Å². The fourth-order valence-electron chi connectivity index (χ4n) is 2.47. The number of aromatic nitrogens is 1. The maximum absolute atomic E-state index is 11.9. The maximum Gasteiger partial charge on any atom is 0.340 e. The van der Waals surface area contributed by atoms with Crippen LogP contribution < -0.4 is 4.90 Å². The SMILES string of the molecule is O=C(O[C@@H]1CCSC1)c1ccc(N2CCCC2)nc1. The summed E-state index contributed by atoms with van der Waals surface area (Å²) in [6, 6.07) is 3.75. The summed E-state index contributed by atoms with van der Waals surface area (Å²) >= 11 is 1.84. The van der Waals surface area contributed by atoms with Gasteiger partial charge < -0.3 is 9.64 Å². The molecule has 0 amide bonds. The first-order valence-electron chi connectivity index (χ1n) is 6.83. The van der Waals surface area contributed by atoms with E-state index in [1.54, 1.807) is 6.20 Å². The molecule has 0 N–H and O–H groups in total. The van der Waals surface area contributed by atoms with Crippen molar-refractivity contribution in [2.45, 2.75) is 25.4 Å². The van der Waals surface area contributed by atoms with Crippen LogP contribution in [-0.2, 0) is 4.74 Å². The van der Waals surface area contributed by atoms with E-state index in [-0.39, 0.29) is 12.1 Å². The molecule has 0 bridgehead atoms.